The lowest BCUT2D eigenvalue weighted by Gasteiger charge is -2.21. The molecule has 0 aromatic heterocycles. The molecular formula is C13H16FNO4S. The molecule has 0 heterocycles. The first-order valence-corrected chi connectivity index (χ1v) is 7.73. The molecule has 1 aliphatic carbocycles. The summed E-state index contributed by atoms with van der Waals surface area (Å²) in [5, 5.41) is 8.87. The fourth-order valence-electron chi connectivity index (χ4n) is 2.03. The standard InChI is InChI=1S/C13H16FNO4S/c1-9-6-11(14)4-5-12(9)20(18,19)15(8-13(16)17)7-10-2-3-10/h4-6,10H,2-3,7-8H2,1H3,(H,16,17). The van der Waals surface area contributed by atoms with Gasteiger partial charge in [0.2, 0.25) is 10.0 Å². The van der Waals surface area contributed by atoms with Gasteiger partial charge in [-0.1, -0.05) is 0 Å². The molecule has 20 heavy (non-hydrogen) atoms. The molecule has 0 aliphatic heterocycles. The molecule has 0 atom stereocenters. The highest BCUT2D eigenvalue weighted by atomic mass is 32.2. The third-order valence-corrected chi connectivity index (χ3v) is 5.20. The Labute approximate surface area is 117 Å². The Bertz CT molecular complexity index is 625. The van der Waals surface area contributed by atoms with Crippen LogP contribution in [0.25, 0.3) is 0 Å². The van der Waals surface area contributed by atoms with Gasteiger partial charge in [0, 0.05) is 6.54 Å². The van der Waals surface area contributed by atoms with E-state index in [4.69, 9.17) is 5.11 Å². The Morgan fingerprint density at radius 3 is 2.60 bits per heavy atom. The van der Waals surface area contributed by atoms with Crippen molar-refractivity contribution in [2.45, 2.75) is 24.7 Å². The fourth-order valence-corrected chi connectivity index (χ4v) is 3.70. The van der Waals surface area contributed by atoms with Gasteiger partial charge in [0.05, 0.1) is 4.90 Å². The van der Waals surface area contributed by atoms with E-state index in [0.29, 0.717) is 0 Å². The number of halogens is 1. The summed E-state index contributed by atoms with van der Waals surface area (Å²) in [6, 6.07) is 3.38. The van der Waals surface area contributed by atoms with Gasteiger partial charge in [-0.2, -0.15) is 4.31 Å². The van der Waals surface area contributed by atoms with Gasteiger partial charge in [-0.25, -0.2) is 12.8 Å². The average Bonchev–Trinajstić information content (AvgIpc) is 3.10. The van der Waals surface area contributed by atoms with E-state index in [0.717, 1.165) is 29.3 Å². The summed E-state index contributed by atoms with van der Waals surface area (Å²) in [6.45, 7) is 1.12. The van der Waals surface area contributed by atoms with Crippen molar-refractivity contribution in [3.8, 4) is 0 Å². The topological polar surface area (TPSA) is 74.7 Å². The molecule has 1 N–H and O–H groups in total. The van der Waals surface area contributed by atoms with E-state index in [2.05, 4.69) is 0 Å². The van der Waals surface area contributed by atoms with Crippen molar-refractivity contribution in [1.82, 2.24) is 4.31 Å². The Morgan fingerprint density at radius 2 is 2.10 bits per heavy atom. The van der Waals surface area contributed by atoms with Gasteiger partial charge in [-0.05, 0) is 49.4 Å². The zero-order valence-electron chi connectivity index (χ0n) is 11.0. The molecule has 1 aromatic carbocycles. The van der Waals surface area contributed by atoms with Gasteiger partial charge in [0.25, 0.3) is 0 Å². The fraction of sp³-hybridized carbons (Fsp3) is 0.462. The number of hydrogen-bond donors (Lipinski definition) is 1. The summed E-state index contributed by atoms with van der Waals surface area (Å²) < 4.78 is 39.0. The van der Waals surface area contributed by atoms with E-state index in [1.807, 2.05) is 0 Å². The third kappa shape index (κ3) is 3.34. The SMILES string of the molecule is Cc1cc(F)ccc1S(=O)(=O)N(CC(=O)O)CC1CC1. The van der Waals surface area contributed by atoms with Crippen LogP contribution in [0.2, 0.25) is 0 Å². The molecule has 110 valence electrons. The van der Waals surface area contributed by atoms with Gasteiger partial charge in [0.1, 0.15) is 12.4 Å². The molecule has 0 spiro atoms. The van der Waals surface area contributed by atoms with Gasteiger partial charge in [-0.3, -0.25) is 4.79 Å². The van der Waals surface area contributed by atoms with Crippen molar-refractivity contribution in [3.05, 3.63) is 29.6 Å². The zero-order valence-corrected chi connectivity index (χ0v) is 11.9. The van der Waals surface area contributed by atoms with Gasteiger partial charge in [-0.15, -0.1) is 0 Å². The van der Waals surface area contributed by atoms with Gasteiger partial charge in [0.15, 0.2) is 0 Å². The van der Waals surface area contributed by atoms with E-state index >= 15 is 0 Å². The molecule has 1 fully saturated rings. The van der Waals surface area contributed by atoms with Crippen LogP contribution in [0.5, 0.6) is 0 Å². The lowest BCUT2D eigenvalue weighted by Crippen LogP contribution is -2.37. The number of nitrogens with zero attached hydrogens (tertiary/aromatic N) is 1. The molecule has 0 saturated heterocycles. The summed E-state index contributed by atoms with van der Waals surface area (Å²) in [5.41, 5.74) is 0.274. The first kappa shape index (κ1) is 14.9. The monoisotopic (exact) mass is 301 g/mol. The van der Waals surface area contributed by atoms with Crippen LogP contribution in [0.1, 0.15) is 18.4 Å². The quantitative estimate of drug-likeness (QED) is 0.866. The van der Waals surface area contributed by atoms with Crippen molar-refractivity contribution in [3.63, 3.8) is 0 Å². The number of carboxylic acids is 1. The Kier molecular flexibility index (Phi) is 4.10. The average molecular weight is 301 g/mol. The van der Waals surface area contributed by atoms with E-state index < -0.39 is 28.4 Å². The van der Waals surface area contributed by atoms with Crippen LogP contribution in [-0.4, -0.2) is 36.9 Å². The van der Waals surface area contributed by atoms with Crippen molar-refractivity contribution >= 4 is 16.0 Å². The molecule has 1 saturated carbocycles. The van der Waals surface area contributed by atoms with Crippen LogP contribution in [0, 0.1) is 18.7 Å². The highest BCUT2D eigenvalue weighted by Crippen LogP contribution is 2.32. The maximum atomic E-state index is 13.1. The van der Waals surface area contributed by atoms with E-state index in [9.17, 15) is 17.6 Å². The van der Waals surface area contributed by atoms with Crippen molar-refractivity contribution < 1.29 is 22.7 Å². The summed E-state index contributed by atoms with van der Waals surface area (Å²) in [6.07, 6.45) is 1.82. The van der Waals surface area contributed by atoms with Crippen molar-refractivity contribution in [1.29, 1.82) is 0 Å². The van der Waals surface area contributed by atoms with Gasteiger partial charge >= 0.3 is 5.97 Å². The second kappa shape index (κ2) is 5.49. The molecule has 1 aromatic rings. The number of aryl methyl sites for hydroxylation is 1. The molecular weight excluding hydrogens is 285 g/mol. The number of carboxylic acid groups (broad SMARTS) is 1. The summed E-state index contributed by atoms with van der Waals surface area (Å²) in [7, 11) is -3.91. The van der Waals surface area contributed by atoms with Crippen LogP contribution < -0.4 is 0 Å². The van der Waals surface area contributed by atoms with Crippen LogP contribution in [0.4, 0.5) is 4.39 Å². The highest BCUT2D eigenvalue weighted by Gasteiger charge is 2.33. The largest absolute Gasteiger partial charge is 0.480 e. The van der Waals surface area contributed by atoms with Gasteiger partial charge < -0.3 is 5.11 Å². The third-order valence-electron chi connectivity index (χ3n) is 3.23. The molecule has 0 bridgehead atoms. The molecule has 0 unspecified atom stereocenters. The van der Waals surface area contributed by atoms with Crippen molar-refractivity contribution in [2.75, 3.05) is 13.1 Å². The predicted molar refractivity (Wildman–Crippen MR) is 70.3 cm³/mol. The Morgan fingerprint density at radius 1 is 1.45 bits per heavy atom. The smallest absolute Gasteiger partial charge is 0.318 e. The Hall–Kier alpha value is -1.47. The summed E-state index contributed by atoms with van der Waals surface area (Å²) in [5.74, 6) is -1.49. The van der Waals surface area contributed by atoms with E-state index in [1.54, 1.807) is 0 Å². The van der Waals surface area contributed by atoms with Crippen LogP contribution in [0.15, 0.2) is 23.1 Å². The predicted octanol–water partition coefficient (Wildman–Crippen LogP) is 1.62. The zero-order chi connectivity index (χ0) is 14.9. The van der Waals surface area contributed by atoms with Crippen LogP contribution in [0.3, 0.4) is 0 Å². The lowest BCUT2D eigenvalue weighted by atomic mass is 10.2. The van der Waals surface area contributed by atoms with E-state index in [-0.39, 0.29) is 22.9 Å². The number of aliphatic carboxylic acids is 1. The van der Waals surface area contributed by atoms with Crippen molar-refractivity contribution in [2.24, 2.45) is 5.92 Å². The minimum atomic E-state index is -3.91. The normalized spacial score (nSPS) is 15.6. The first-order chi connectivity index (χ1) is 9.30. The number of rotatable bonds is 6. The molecule has 2 rings (SSSR count). The first-order valence-electron chi connectivity index (χ1n) is 6.29. The summed E-state index contributed by atoms with van der Waals surface area (Å²) in [4.78, 5) is 10.8. The highest BCUT2D eigenvalue weighted by molar-refractivity contribution is 7.89. The number of carbonyl (C=O) groups is 1. The second-order valence-electron chi connectivity index (χ2n) is 5.04. The Balaban J connectivity index is 2.35. The maximum Gasteiger partial charge on any atom is 0.318 e. The minimum Gasteiger partial charge on any atom is -0.480 e. The number of sulfonamides is 1. The molecule has 0 amide bonds. The number of benzene rings is 1. The van der Waals surface area contributed by atoms with Crippen LogP contribution >= 0.6 is 0 Å². The summed E-state index contributed by atoms with van der Waals surface area (Å²) >= 11 is 0. The minimum absolute atomic E-state index is 0.0409. The molecule has 5 nitrogen and oxygen atoms in total. The maximum absolute atomic E-state index is 13.1. The lowest BCUT2D eigenvalue weighted by molar-refractivity contribution is -0.137. The number of hydrogen-bond acceptors (Lipinski definition) is 3. The van der Waals surface area contributed by atoms with Crippen LogP contribution in [-0.2, 0) is 14.8 Å². The van der Waals surface area contributed by atoms with E-state index in [1.165, 1.54) is 13.0 Å². The molecule has 7 heteroatoms. The molecule has 0 radical (unpaired) electrons. The second-order valence-corrected chi connectivity index (χ2v) is 6.95. The molecule has 1 aliphatic rings.